The topological polar surface area (TPSA) is 40.5 Å². The largest absolute Gasteiger partial charge is 0.368 e. The molecule has 0 atom stereocenters. The van der Waals surface area contributed by atoms with Crippen molar-refractivity contribution in [3.05, 3.63) is 76.8 Å². The average molecular weight is 526 g/mol. The summed E-state index contributed by atoms with van der Waals surface area (Å²) < 4.78 is 2.18. The average Bonchev–Trinajstić information content (AvgIpc) is 3.17. The van der Waals surface area contributed by atoms with E-state index in [0.717, 1.165) is 78.3 Å². The van der Waals surface area contributed by atoms with Gasteiger partial charge in [0.1, 0.15) is 0 Å². The minimum Gasteiger partial charge on any atom is -0.368 e. The third-order valence-corrected chi connectivity index (χ3v) is 7.74. The van der Waals surface area contributed by atoms with E-state index >= 15 is 0 Å². The number of unbranched alkanes of at least 4 members (excludes halogenated alkanes) is 1. The first kappa shape index (κ1) is 26.3. The van der Waals surface area contributed by atoms with Gasteiger partial charge in [0.2, 0.25) is 0 Å². The van der Waals surface area contributed by atoms with E-state index in [2.05, 4.69) is 70.1 Å². The first-order valence-electron chi connectivity index (χ1n) is 12.5. The Bertz CT molecular complexity index is 1360. The summed E-state index contributed by atoms with van der Waals surface area (Å²) in [7, 11) is 2.07. The number of nitrogens with zero attached hydrogens (tertiary/aromatic N) is 3. The molecule has 1 amide bonds. The summed E-state index contributed by atoms with van der Waals surface area (Å²) in [6, 6.07) is 20.6. The van der Waals surface area contributed by atoms with Crippen LogP contribution in [0, 0.1) is 6.92 Å². The molecule has 1 saturated heterocycles. The standard InChI is InChI=1S/C29H33ClN4O.ClH/c1-21-8-7-11-27(28(21)30)34-18-16-33(17-19-34)15-6-5-14-31-29(35)22-12-13-26-24(20-22)23-9-3-4-10-25(23)32(26)2;/h3-4,7-13,20H,5-6,14-19H2,1-2H3,(H,31,35);1H. The molecule has 1 aliphatic rings. The molecule has 1 aromatic heterocycles. The second kappa shape index (κ2) is 11.5. The lowest BCUT2D eigenvalue weighted by Gasteiger charge is -2.36. The summed E-state index contributed by atoms with van der Waals surface area (Å²) in [5, 5.41) is 6.29. The van der Waals surface area contributed by atoms with E-state index in [1.165, 1.54) is 10.9 Å². The van der Waals surface area contributed by atoms with Crippen LogP contribution in [0.15, 0.2) is 60.7 Å². The molecule has 5 rings (SSSR count). The SMILES string of the molecule is Cc1cccc(N2CCN(CCCCNC(=O)c3ccc4c(c3)c3ccccc3n4C)CC2)c1Cl.Cl. The van der Waals surface area contributed by atoms with Gasteiger partial charge in [-0.05, 0) is 62.2 Å². The number of aryl methyl sites for hydroxylation is 2. The number of halogens is 2. The molecular formula is C29H34Cl2N4O. The van der Waals surface area contributed by atoms with Gasteiger partial charge in [-0.3, -0.25) is 9.69 Å². The van der Waals surface area contributed by atoms with Gasteiger partial charge in [-0.15, -0.1) is 12.4 Å². The van der Waals surface area contributed by atoms with Gasteiger partial charge in [0.25, 0.3) is 5.91 Å². The highest BCUT2D eigenvalue weighted by molar-refractivity contribution is 6.34. The predicted octanol–water partition coefficient (Wildman–Crippen LogP) is 6.05. The van der Waals surface area contributed by atoms with Crippen molar-refractivity contribution in [1.29, 1.82) is 0 Å². The second-order valence-corrected chi connectivity index (χ2v) is 9.89. The number of aromatic nitrogens is 1. The molecule has 0 aliphatic carbocycles. The van der Waals surface area contributed by atoms with Crippen molar-refractivity contribution in [1.82, 2.24) is 14.8 Å². The van der Waals surface area contributed by atoms with Gasteiger partial charge in [-0.2, -0.15) is 0 Å². The third kappa shape index (κ3) is 5.34. The molecule has 1 aliphatic heterocycles. The van der Waals surface area contributed by atoms with E-state index in [1.807, 2.05) is 24.3 Å². The molecule has 36 heavy (non-hydrogen) atoms. The molecule has 7 heteroatoms. The molecule has 0 radical (unpaired) electrons. The molecule has 3 aromatic carbocycles. The molecule has 2 heterocycles. The van der Waals surface area contributed by atoms with Crippen LogP contribution in [0.1, 0.15) is 28.8 Å². The van der Waals surface area contributed by atoms with Gasteiger partial charge in [0.15, 0.2) is 0 Å². The Morgan fingerprint density at radius 1 is 0.917 bits per heavy atom. The smallest absolute Gasteiger partial charge is 0.251 e. The highest BCUT2D eigenvalue weighted by atomic mass is 35.5. The number of benzene rings is 3. The number of hydrogen-bond acceptors (Lipinski definition) is 3. The molecule has 0 unspecified atom stereocenters. The van der Waals surface area contributed by atoms with Crippen molar-refractivity contribution in [2.75, 3.05) is 44.2 Å². The Kier molecular flexibility index (Phi) is 8.45. The molecule has 5 nitrogen and oxygen atoms in total. The predicted molar refractivity (Wildman–Crippen MR) is 154 cm³/mol. The fourth-order valence-corrected chi connectivity index (χ4v) is 5.41. The second-order valence-electron chi connectivity index (χ2n) is 9.51. The van der Waals surface area contributed by atoms with E-state index in [1.54, 1.807) is 0 Å². The zero-order valence-corrected chi connectivity index (χ0v) is 22.5. The van der Waals surface area contributed by atoms with Crippen LogP contribution < -0.4 is 10.2 Å². The van der Waals surface area contributed by atoms with Crippen molar-refractivity contribution >= 4 is 57.4 Å². The van der Waals surface area contributed by atoms with E-state index < -0.39 is 0 Å². The molecule has 0 bridgehead atoms. The number of rotatable bonds is 7. The number of para-hydroxylation sites is 1. The summed E-state index contributed by atoms with van der Waals surface area (Å²) in [6.45, 7) is 7.90. The number of fused-ring (bicyclic) bond motifs is 3. The van der Waals surface area contributed by atoms with Crippen LogP contribution in [0.25, 0.3) is 21.8 Å². The number of anilines is 1. The van der Waals surface area contributed by atoms with Crippen molar-refractivity contribution in [3.8, 4) is 0 Å². The van der Waals surface area contributed by atoms with E-state index in [9.17, 15) is 4.79 Å². The zero-order valence-electron chi connectivity index (χ0n) is 21.0. The van der Waals surface area contributed by atoms with Crippen LogP contribution in [-0.4, -0.2) is 54.6 Å². The molecule has 190 valence electrons. The lowest BCUT2D eigenvalue weighted by Crippen LogP contribution is -2.46. The summed E-state index contributed by atoms with van der Waals surface area (Å²) in [6.07, 6.45) is 2.06. The van der Waals surface area contributed by atoms with Crippen LogP contribution >= 0.6 is 24.0 Å². The van der Waals surface area contributed by atoms with Gasteiger partial charge < -0.3 is 14.8 Å². The van der Waals surface area contributed by atoms with Crippen molar-refractivity contribution < 1.29 is 4.79 Å². The van der Waals surface area contributed by atoms with E-state index in [-0.39, 0.29) is 18.3 Å². The maximum atomic E-state index is 12.8. The number of nitrogens with one attached hydrogen (secondary N) is 1. The first-order chi connectivity index (χ1) is 17.0. The number of amides is 1. The maximum Gasteiger partial charge on any atom is 0.251 e. The summed E-state index contributed by atoms with van der Waals surface area (Å²) >= 11 is 6.52. The third-order valence-electron chi connectivity index (χ3n) is 7.25. The van der Waals surface area contributed by atoms with Crippen molar-refractivity contribution in [2.45, 2.75) is 19.8 Å². The molecule has 0 spiro atoms. The fourth-order valence-electron chi connectivity index (χ4n) is 5.16. The zero-order chi connectivity index (χ0) is 24.4. The molecule has 0 saturated carbocycles. The molecule has 4 aromatic rings. The van der Waals surface area contributed by atoms with Crippen molar-refractivity contribution in [2.24, 2.45) is 7.05 Å². The van der Waals surface area contributed by atoms with E-state index in [4.69, 9.17) is 11.6 Å². The number of carbonyl (C=O) groups is 1. The van der Waals surface area contributed by atoms with Crippen LogP contribution in [0.4, 0.5) is 5.69 Å². The molecular weight excluding hydrogens is 491 g/mol. The van der Waals surface area contributed by atoms with Crippen LogP contribution in [0.5, 0.6) is 0 Å². The normalized spacial score (nSPS) is 14.2. The number of hydrogen-bond donors (Lipinski definition) is 1. The van der Waals surface area contributed by atoms with Gasteiger partial charge >= 0.3 is 0 Å². The first-order valence-corrected chi connectivity index (χ1v) is 12.9. The maximum absolute atomic E-state index is 12.8. The summed E-state index contributed by atoms with van der Waals surface area (Å²) in [5.74, 6) is 0.00322. The molecule has 1 fully saturated rings. The van der Waals surface area contributed by atoms with Crippen LogP contribution in [0.2, 0.25) is 5.02 Å². The van der Waals surface area contributed by atoms with Gasteiger partial charge in [0, 0.05) is 67.1 Å². The Balaban J connectivity index is 0.00000304. The minimum absolute atomic E-state index is 0. The summed E-state index contributed by atoms with van der Waals surface area (Å²) in [4.78, 5) is 17.7. The Morgan fingerprint density at radius 3 is 2.47 bits per heavy atom. The Labute approximate surface area is 224 Å². The number of carbonyl (C=O) groups excluding carboxylic acids is 1. The quantitative estimate of drug-likeness (QED) is 0.299. The molecule has 1 N–H and O–H groups in total. The van der Waals surface area contributed by atoms with Gasteiger partial charge in [-0.25, -0.2) is 0 Å². The van der Waals surface area contributed by atoms with E-state index in [0.29, 0.717) is 6.54 Å². The lowest BCUT2D eigenvalue weighted by molar-refractivity contribution is 0.0952. The Morgan fingerprint density at radius 2 is 1.67 bits per heavy atom. The van der Waals surface area contributed by atoms with Gasteiger partial charge in [0.05, 0.1) is 10.7 Å². The van der Waals surface area contributed by atoms with Gasteiger partial charge in [-0.1, -0.05) is 41.9 Å². The fraction of sp³-hybridized carbons (Fsp3) is 0.345. The van der Waals surface area contributed by atoms with Crippen molar-refractivity contribution in [3.63, 3.8) is 0 Å². The van der Waals surface area contributed by atoms with Crippen LogP contribution in [0.3, 0.4) is 0 Å². The lowest BCUT2D eigenvalue weighted by atomic mass is 10.1. The highest BCUT2D eigenvalue weighted by Gasteiger charge is 2.19. The number of piperazine rings is 1. The monoisotopic (exact) mass is 524 g/mol. The minimum atomic E-state index is 0. The Hall–Kier alpha value is -2.73. The highest BCUT2D eigenvalue weighted by Crippen LogP contribution is 2.30. The van der Waals surface area contributed by atoms with Crippen LogP contribution in [-0.2, 0) is 7.05 Å². The summed E-state index contributed by atoms with van der Waals surface area (Å²) in [5.41, 5.74) is 5.33.